The van der Waals surface area contributed by atoms with E-state index >= 15 is 0 Å². The van der Waals surface area contributed by atoms with Crippen molar-refractivity contribution in [1.82, 2.24) is 19.5 Å². The minimum Gasteiger partial charge on any atom is -0.283 e. The van der Waals surface area contributed by atoms with Crippen LogP contribution in [0.25, 0.3) is 28.0 Å². The highest BCUT2D eigenvalue weighted by Gasteiger charge is 2.36. The lowest BCUT2D eigenvalue weighted by Crippen LogP contribution is -2.38. The molecule has 9 heteroatoms. The highest BCUT2D eigenvalue weighted by molar-refractivity contribution is 8.17. The van der Waals surface area contributed by atoms with Crippen molar-refractivity contribution in [3.05, 3.63) is 87.9 Å². The van der Waals surface area contributed by atoms with Crippen LogP contribution in [0.15, 0.2) is 76.6 Å². The summed E-state index contributed by atoms with van der Waals surface area (Å²) in [5.41, 5.74) is 4.33. The van der Waals surface area contributed by atoms with Gasteiger partial charge < -0.3 is 0 Å². The molecule has 0 radical (unpaired) electrons. The number of nitrogens with zero attached hydrogens (tertiary/aromatic N) is 5. The second-order valence-electron chi connectivity index (χ2n) is 8.08. The molecule has 6 rings (SSSR count). The molecule has 172 valence electrons. The Labute approximate surface area is 210 Å². The average molecular weight is 497 g/mol. The number of hydrogen-bond acceptors (Lipinski definition) is 6. The maximum atomic E-state index is 13.1. The molecule has 7 nitrogen and oxygen atoms in total. The number of fused-ring (bicyclic) bond motifs is 2. The molecule has 0 atom stereocenters. The predicted octanol–water partition coefficient (Wildman–Crippen LogP) is 5.71. The minimum atomic E-state index is -0.436. The van der Waals surface area contributed by atoms with E-state index in [4.69, 9.17) is 15.5 Å². The van der Waals surface area contributed by atoms with Gasteiger partial charge >= 0.3 is 0 Å². The van der Waals surface area contributed by atoms with Gasteiger partial charge in [0.2, 0.25) is 4.96 Å². The molecular weight excluding hydrogens is 476 g/mol. The molecule has 1 amide bonds. The molecule has 4 aromatic rings. The molecule has 0 saturated carbocycles. The zero-order valence-electron chi connectivity index (χ0n) is 18.8. The molecule has 2 aliphatic heterocycles. The maximum absolute atomic E-state index is 13.1. The number of hydrogen-bond donors (Lipinski definition) is 1. The highest BCUT2D eigenvalue weighted by Crippen LogP contribution is 2.38. The average Bonchev–Trinajstić information content (AvgIpc) is 3.56. The Hall–Kier alpha value is -3.82. The molecule has 0 saturated heterocycles. The molecule has 4 heterocycles. The Bertz CT molecular complexity index is 1560. The van der Waals surface area contributed by atoms with Crippen molar-refractivity contribution in [2.45, 2.75) is 19.8 Å². The zero-order valence-corrected chi connectivity index (χ0v) is 20.4. The van der Waals surface area contributed by atoms with Crippen LogP contribution in [0.4, 0.5) is 0 Å². The van der Waals surface area contributed by atoms with E-state index in [1.165, 1.54) is 11.8 Å². The number of thioether (sulfide) groups is 1. The number of aliphatic imine (C=N–C) groups is 1. The molecule has 0 bridgehead atoms. The first kappa shape index (κ1) is 21.7. The topological polar surface area (TPSA) is 86.7 Å². The molecular formula is C26H20N6OS2. The fraction of sp³-hybridized carbons (Fsp3) is 0.115. The molecule has 2 aromatic heterocycles. The van der Waals surface area contributed by atoms with Crippen molar-refractivity contribution < 1.29 is 4.79 Å². The fourth-order valence-corrected chi connectivity index (χ4v) is 6.00. The van der Waals surface area contributed by atoms with E-state index in [1.807, 2.05) is 66.1 Å². The Morgan fingerprint density at radius 2 is 1.74 bits per heavy atom. The fourth-order valence-electron chi connectivity index (χ4n) is 4.11. The number of rotatable bonds is 5. The third-order valence-corrected chi connectivity index (χ3v) is 7.55. The Morgan fingerprint density at radius 1 is 1.03 bits per heavy atom. The van der Waals surface area contributed by atoms with Gasteiger partial charge in [0.1, 0.15) is 10.8 Å². The van der Waals surface area contributed by atoms with E-state index in [2.05, 4.69) is 11.9 Å². The second kappa shape index (κ2) is 8.75. The first-order chi connectivity index (χ1) is 17.1. The smallest absolute Gasteiger partial charge is 0.283 e. The summed E-state index contributed by atoms with van der Waals surface area (Å²) < 4.78 is 1.79. The summed E-state index contributed by atoms with van der Waals surface area (Å²) in [6.45, 7) is 2.12. The number of carbonyl (C=O) groups excluding carboxylic acids is 1. The van der Waals surface area contributed by atoms with Gasteiger partial charge in [0.15, 0.2) is 5.17 Å². The Balaban J connectivity index is 1.49. The monoisotopic (exact) mass is 496 g/mol. The molecule has 0 unspecified atom stereocenters. The van der Waals surface area contributed by atoms with E-state index < -0.39 is 5.91 Å². The van der Waals surface area contributed by atoms with Crippen LogP contribution in [-0.4, -0.2) is 36.4 Å². The van der Waals surface area contributed by atoms with Crippen LogP contribution in [0.1, 0.15) is 29.6 Å². The molecule has 1 N–H and O–H groups in total. The summed E-state index contributed by atoms with van der Waals surface area (Å²) in [5.74, 6) is -0.340. The number of aromatic nitrogens is 3. The van der Waals surface area contributed by atoms with E-state index in [0.717, 1.165) is 45.3 Å². The van der Waals surface area contributed by atoms with Crippen LogP contribution in [-0.2, 0) is 11.2 Å². The lowest BCUT2D eigenvalue weighted by molar-refractivity contribution is -0.114. The quantitative estimate of drug-likeness (QED) is 0.358. The van der Waals surface area contributed by atoms with E-state index in [0.29, 0.717) is 10.9 Å². The number of aryl methyl sites for hydroxylation is 1. The molecule has 0 spiro atoms. The SMILES string of the molecule is CCCc1nn2c(/C=C3/C(=N)N4C(c5ccccc5)=CSC4=NC3=O)c(-c3ccccc3)nc2s1. The normalized spacial score (nSPS) is 16.7. The molecule has 2 aromatic carbocycles. The first-order valence-corrected chi connectivity index (χ1v) is 12.9. The molecule has 2 aliphatic rings. The number of carbonyl (C=O) groups is 1. The van der Waals surface area contributed by atoms with Gasteiger partial charge in [0.05, 0.1) is 22.7 Å². The summed E-state index contributed by atoms with van der Waals surface area (Å²) in [7, 11) is 0. The number of imidazole rings is 1. The first-order valence-electron chi connectivity index (χ1n) is 11.2. The maximum Gasteiger partial charge on any atom is 0.283 e. The Kier molecular flexibility index (Phi) is 5.43. The standard InChI is InChI=1S/C26H20N6OS2/c1-2-9-21-30-32-19(22(28-26(32)35-21)17-12-7-4-8-13-17)14-18-23(27)31-20(16-10-5-3-6-11-16)15-34-25(31)29-24(18)33/h3-8,10-15,27H,2,9H2,1H3/b18-14-,27-23?. The van der Waals surface area contributed by atoms with Crippen LogP contribution in [0.2, 0.25) is 0 Å². The second-order valence-corrected chi connectivity index (χ2v) is 9.96. The van der Waals surface area contributed by atoms with Crippen LogP contribution in [0, 0.1) is 5.41 Å². The van der Waals surface area contributed by atoms with Crippen molar-refractivity contribution in [1.29, 1.82) is 5.41 Å². The Morgan fingerprint density at radius 3 is 2.46 bits per heavy atom. The van der Waals surface area contributed by atoms with Gasteiger partial charge in [-0.25, -0.2) is 9.50 Å². The van der Waals surface area contributed by atoms with Crippen LogP contribution >= 0.6 is 23.1 Å². The van der Waals surface area contributed by atoms with Crippen LogP contribution < -0.4 is 0 Å². The lowest BCUT2D eigenvalue weighted by atomic mass is 10.1. The predicted molar refractivity (Wildman–Crippen MR) is 142 cm³/mol. The third-order valence-electron chi connectivity index (χ3n) is 5.76. The summed E-state index contributed by atoms with van der Waals surface area (Å²) >= 11 is 2.91. The van der Waals surface area contributed by atoms with E-state index in [1.54, 1.807) is 26.8 Å². The molecule has 0 fully saturated rings. The number of amides is 1. The molecule has 0 aliphatic carbocycles. The van der Waals surface area contributed by atoms with Gasteiger partial charge in [0, 0.05) is 17.4 Å². The van der Waals surface area contributed by atoms with Crippen LogP contribution in [0.5, 0.6) is 0 Å². The number of amidine groups is 2. The van der Waals surface area contributed by atoms with Gasteiger partial charge in [-0.1, -0.05) is 90.7 Å². The molecule has 35 heavy (non-hydrogen) atoms. The van der Waals surface area contributed by atoms with Crippen molar-refractivity contribution in [3.8, 4) is 11.3 Å². The summed E-state index contributed by atoms with van der Waals surface area (Å²) in [6, 6.07) is 19.7. The third kappa shape index (κ3) is 3.73. The van der Waals surface area contributed by atoms with E-state index in [9.17, 15) is 4.79 Å². The van der Waals surface area contributed by atoms with Gasteiger partial charge in [-0.05, 0) is 18.1 Å². The zero-order chi connectivity index (χ0) is 23.9. The number of benzene rings is 2. The summed E-state index contributed by atoms with van der Waals surface area (Å²) in [5, 5.41) is 17.2. The largest absolute Gasteiger partial charge is 0.283 e. The number of nitrogens with one attached hydrogen (secondary N) is 1. The highest BCUT2D eigenvalue weighted by atomic mass is 32.2. The summed E-state index contributed by atoms with van der Waals surface area (Å²) in [4.78, 5) is 24.8. The van der Waals surface area contributed by atoms with Crippen LogP contribution in [0.3, 0.4) is 0 Å². The van der Waals surface area contributed by atoms with Crippen molar-refractivity contribution in [2.75, 3.05) is 0 Å². The minimum absolute atomic E-state index is 0.0954. The van der Waals surface area contributed by atoms with Gasteiger partial charge in [-0.2, -0.15) is 10.1 Å². The lowest BCUT2D eigenvalue weighted by Gasteiger charge is -2.26. The van der Waals surface area contributed by atoms with Crippen molar-refractivity contribution in [3.63, 3.8) is 0 Å². The van der Waals surface area contributed by atoms with E-state index in [-0.39, 0.29) is 11.4 Å². The van der Waals surface area contributed by atoms with Crippen molar-refractivity contribution in [2.24, 2.45) is 4.99 Å². The van der Waals surface area contributed by atoms with Gasteiger partial charge in [-0.15, -0.1) is 0 Å². The van der Waals surface area contributed by atoms with Gasteiger partial charge in [-0.3, -0.25) is 15.1 Å². The van der Waals surface area contributed by atoms with Crippen molar-refractivity contribution >= 4 is 56.7 Å². The van der Waals surface area contributed by atoms with Gasteiger partial charge in [0.25, 0.3) is 5.91 Å². The summed E-state index contributed by atoms with van der Waals surface area (Å²) in [6.07, 6.45) is 3.57.